The SMILES string of the molecule is C#CCCCC(NCCC)c1ccc(Br)cc1F. The van der Waals surface area contributed by atoms with E-state index in [1.165, 1.54) is 6.07 Å². The van der Waals surface area contributed by atoms with E-state index in [4.69, 9.17) is 6.42 Å². The Balaban J connectivity index is 2.76. The van der Waals surface area contributed by atoms with Crippen LogP contribution in [-0.4, -0.2) is 6.54 Å². The molecule has 0 heterocycles. The Morgan fingerprint density at radius 1 is 1.50 bits per heavy atom. The number of rotatable bonds is 7. The van der Waals surface area contributed by atoms with Gasteiger partial charge in [-0.05, 0) is 37.9 Å². The quantitative estimate of drug-likeness (QED) is 0.580. The van der Waals surface area contributed by atoms with Crippen molar-refractivity contribution in [2.45, 2.75) is 38.6 Å². The summed E-state index contributed by atoms with van der Waals surface area (Å²) >= 11 is 3.27. The van der Waals surface area contributed by atoms with E-state index in [1.807, 2.05) is 12.1 Å². The first-order valence-electron chi connectivity index (χ1n) is 6.30. The highest BCUT2D eigenvalue weighted by molar-refractivity contribution is 9.10. The van der Waals surface area contributed by atoms with Crippen LogP contribution < -0.4 is 5.32 Å². The standard InChI is InChI=1S/C15H19BrFN/c1-3-5-6-7-15(18-10-4-2)13-9-8-12(16)11-14(13)17/h1,8-9,11,15,18H,4-7,10H2,2H3. The lowest BCUT2D eigenvalue weighted by molar-refractivity contribution is 0.464. The smallest absolute Gasteiger partial charge is 0.129 e. The van der Waals surface area contributed by atoms with Crippen LogP contribution in [0.3, 0.4) is 0 Å². The highest BCUT2D eigenvalue weighted by Gasteiger charge is 2.14. The maximum Gasteiger partial charge on any atom is 0.129 e. The number of terminal acetylenes is 1. The molecule has 0 aliphatic rings. The Bertz CT molecular complexity index is 411. The summed E-state index contributed by atoms with van der Waals surface area (Å²) in [4.78, 5) is 0. The van der Waals surface area contributed by atoms with Crippen LogP contribution in [0.15, 0.2) is 22.7 Å². The zero-order valence-corrected chi connectivity index (χ0v) is 12.3. The average Bonchev–Trinajstić information content (AvgIpc) is 2.34. The van der Waals surface area contributed by atoms with Gasteiger partial charge in [-0.1, -0.05) is 28.9 Å². The number of benzene rings is 1. The second-order valence-corrected chi connectivity index (χ2v) is 5.18. The van der Waals surface area contributed by atoms with Crippen LogP contribution >= 0.6 is 15.9 Å². The molecule has 1 unspecified atom stereocenters. The summed E-state index contributed by atoms with van der Waals surface area (Å²) in [6, 6.07) is 5.27. The third-order valence-corrected chi connectivity index (χ3v) is 3.29. The molecule has 0 aromatic heterocycles. The van der Waals surface area contributed by atoms with Crippen molar-refractivity contribution < 1.29 is 4.39 Å². The fourth-order valence-corrected chi connectivity index (χ4v) is 2.21. The largest absolute Gasteiger partial charge is 0.310 e. The summed E-state index contributed by atoms with van der Waals surface area (Å²) in [5, 5.41) is 3.38. The number of hydrogen-bond acceptors (Lipinski definition) is 1. The van der Waals surface area contributed by atoms with Gasteiger partial charge in [0.25, 0.3) is 0 Å². The Morgan fingerprint density at radius 2 is 2.28 bits per heavy atom. The van der Waals surface area contributed by atoms with Crippen LogP contribution in [0.4, 0.5) is 4.39 Å². The number of halogens is 2. The van der Waals surface area contributed by atoms with Crippen molar-refractivity contribution in [1.29, 1.82) is 0 Å². The van der Waals surface area contributed by atoms with Crippen molar-refractivity contribution in [3.05, 3.63) is 34.1 Å². The molecule has 0 radical (unpaired) electrons. The van der Waals surface area contributed by atoms with E-state index in [9.17, 15) is 4.39 Å². The van der Waals surface area contributed by atoms with Gasteiger partial charge >= 0.3 is 0 Å². The van der Waals surface area contributed by atoms with Crippen LogP contribution in [0.1, 0.15) is 44.2 Å². The molecule has 1 nitrogen and oxygen atoms in total. The monoisotopic (exact) mass is 311 g/mol. The molecule has 18 heavy (non-hydrogen) atoms. The molecule has 3 heteroatoms. The molecule has 0 bridgehead atoms. The number of hydrogen-bond donors (Lipinski definition) is 1. The summed E-state index contributed by atoms with van der Waals surface area (Å²) in [6.07, 6.45) is 8.80. The Labute approximate surface area is 117 Å². The molecular formula is C15H19BrFN. The van der Waals surface area contributed by atoms with Crippen molar-refractivity contribution in [3.8, 4) is 12.3 Å². The average molecular weight is 312 g/mol. The lowest BCUT2D eigenvalue weighted by Gasteiger charge is -2.19. The normalized spacial score (nSPS) is 12.1. The minimum absolute atomic E-state index is 0.0476. The van der Waals surface area contributed by atoms with Gasteiger partial charge in [0.05, 0.1) is 0 Å². The summed E-state index contributed by atoms with van der Waals surface area (Å²) in [5.41, 5.74) is 0.726. The molecule has 0 saturated heterocycles. The van der Waals surface area contributed by atoms with E-state index < -0.39 is 0 Å². The number of unbranched alkanes of at least 4 members (excludes halogenated alkanes) is 1. The van der Waals surface area contributed by atoms with Gasteiger partial charge in [-0.3, -0.25) is 0 Å². The maximum atomic E-state index is 13.9. The van der Waals surface area contributed by atoms with E-state index >= 15 is 0 Å². The summed E-state index contributed by atoms with van der Waals surface area (Å²) in [7, 11) is 0. The van der Waals surface area contributed by atoms with Gasteiger partial charge in [0.15, 0.2) is 0 Å². The van der Waals surface area contributed by atoms with E-state index in [0.717, 1.165) is 42.3 Å². The second kappa shape index (κ2) is 8.29. The van der Waals surface area contributed by atoms with Gasteiger partial charge in [0.2, 0.25) is 0 Å². The van der Waals surface area contributed by atoms with Crippen LogP contribution in [0, 0.1) is 18.2 Å². The Morgan fingerprint density at radius 3 is 2.89 bits per heavy atom. The molecule has 1 atom stereocenters. The predicted molar refractivity (Wildman–Crippen MR) is 77.8 cm³/mol. The van der Waals surface area contributed by atoms with Crippen LogP contribution in [0.5, 0.6) is 0 Å². The fourth-order valence-electron chi connectivity index (χ4n) is 1.88. The maximum absolute atomic E-state index is 13.9. The molecule has 0 fully saturated rings. The van der Waals surface area contributed by atoms with Crippen LogP contribution in [0.25, 0.3) is 0 Å². The second-order valence-electron chi connectivity index (χ2n) is 4.27. The first-order chi connectivity index (χ1) is 8.69. The highest BCUT2D eigenvalue weighted by Crippen LogP contribution is 2.24. The van der Waals surface area contributed by atoms with Gasteiger partial charge < -0.3 is 5.32 Å². The van der Waals surface area contributed by atoms with Gasteiger partial charge in [-0.25, -0.2) is 4.39 Å². The minimum atomic E-state index is -0.168. The molecule has 0 saturated carbocycles. The van der Waals surface area contributed by atoms with Crippen LogP contribution in [-0.2, 0) is 0 Å². The zero-order chi connectivity index (χ0) is 13.4. The highest BCUT2D eigenvalue weighted by atomic mass is 79.9. The van der Waals surface area contributed by atoms with Crippen molar-refractivity contribution in [3.63, 3.8) is 0 Å². The molecular weight excluding hydrogens is 293 g/mol. The van der Waals surface area contributed by atoms with Gasteiger partial charge in [0.1, 0.15) is 5.82 Å². The van der Waals surface area contributed by atoms with E-state index in [1.54, 1.807) is 0 Å². The Kier molecular flexibility index (Phi) is 7.00. The third-order valence-electron chi connectivity index (χ3n) is 2.79. The van der Waals surface area contributed by atoms with Crippen molar-refractivity contribution in [1.82, 2.24) is 5.32 Å². The van der Waals surface area contributed by atoms with Crippen molar-refractivity contribution in [2.24, 2.45) is 0 Å². The molecule has 0 spiro atoms. The first kappa shape index (κ1) is 15.2. The molecule has 0 aliphatic heterocycles. The zero-order valence-electron chi connectivity index (χ0n) is 10.7. The van der Waals surface area contributed by atoms with Crippen molar-refractivity contribution >= 4 is 15.9 Å². The van der Waals surface area contributed by atoms with E-state index in [0.29, 0.717) is 0 Å². The van der Waals surface area contributed by atoms with Crippen LogP contribution in [0.2, 0.25) is 0 Å². The Hall–Kier alpha value is -0.850. The molecule has 0 amide bonds. The summed E-state index contributed by atoms with van der Waals surface area (Å²) in [5.74, 6) is 2.46. The predicted octanol–water partition coefficient (Wildman–Crippen LogP) is 4.43. The van der Waals surface area contributed by atoms with Crippen molar-refractivity contribution in [2.75, 3.05) is 6.54 Å². The fraction of sp³-hybridized carbons (Fsp3) is 0.467. The lowest BCUT2D eigenvalue weighted by atomic mass is 10.0. The summed E-state index contributed by atoms with van der Waals surface area (Å²) < 4.78 is 14.7. The molecule has 98 valence electrons. The van der Waals surface area contributed by atoms with Gasteiger partial charge in [0, 0.05) is 22.5 Å². The van der Waals surface area contributed by atoms with Gasteiger partial charge in [-0.2, -0.15) is 0 Å². The minimum Gasteiger partial charge on any atom is -0.310 e. The van der Waals surface area contributed by atoms with E-state index in [2.05, 4.69) is 34.1 Å². The lowest BCUT2D eigenvalue weighted by Crippen LogP contribution is -2.23. The molecule has 0 aliphatic carbocycles. The van der Waals surface area contributed by atoms with Gasteiger partial charge in [-0.15, -0.1) is 12.3 Å². The molecule has 1 rings (SSSR count). The first-order valence-corrected chi connectivity index (χ1v) is 7.10. The molecule has 1 aromatic carbocycles. The summed E-state index contributed by atoms with van der Waals surface area (Å²) in [6.45, 7) is 2.99. The van der Waals surface area contributed by atoms with E-state index in [-0.39, 0.29) is 11.9 Å². The number of nitrogens with one attached hydrogen (secondary N) is 1. The topological polar surface area (TPSA) is 12.0 Å². The third kappa shape index (κ3) is 4.80. The molecule has 1 N–H and O–H groups in total. The molecule has 1 aromatic rings.